The van der Waals surface area contributed by atoms with E-state index < -0.39 is 27.1 Å². The van der Waals surface area contributed by atoms with Crippen molar-refractivity contribution in [2.75, 3.05) is 16.8 Å². The number of nitro groups is 2. The van der Waals surface area contributed by atoms with Gasteiger partial charge in [-0.2, -0.15) is 0 Å². The molecule has 3 aromatic rings. The fourth-order valence-corrected chi connectivity index (χ4v) is 4.42. The summed E-state index contributed by atoms with van der Waals surface area (Å²) in [5, 5.41) is 33.2. The standard InChI is InChI=1S/C21H18N6O6S/c1-2-12-3-5-15(6-4-12)25-11-14(9-18(25)28)20-23-24-21(34-20)22-19(29)13-7-16(26(30)31)10-17(8-13)27(32)33/h3-8,10,14H,2,9,11H2,1H3,(H,22,24,29). The summed E-state index contributed by atoms with van der Waals surface area (Å²) in [6.07, 6.45) is 1.15. The Balaban J connectivity index is 1.47. The molecule has 34 heavy (non-hydrogen) atoms. The van der Waals surface area contributed by atoms with Crippen LogP contribution in [0.5, 0.6) is 0 Å². The van der Waals surface area contributed by atoms with Crippen LogP contribution in [0.25, 0.3) is 0 Å². The first-order chi connectivity index (χ1) is 16.2. The highest BCUT2D eigenvalue weighted by molar-refractivity contribution is 7.15. The second-order valence-electron chi connectivity index (χ2n) is 7.58. The number of nitrogens with one attached hydrogen (secondary N) is 1. The van der Waals surface area contributed by atoms with Gasteiger partial charge in [0, 0.05) is 36.7 Å². The first-order valence-corrected chi connectivity index (χ1v) is 11.0. The van der Waals surface area contributed by atoms with E-state index in [0.29, 0.717) is 11.6 Å². The van der Waals surface area contributed by atoms with Gasteiger partial charge < -0.3 is 4.90 Å². The quantitative estimate of drug-likeness (QED) is 0.394. The number of carbonyl (C=O) groups is 2. The zero-order valence-electron chi connectivity index (χ0n) is 17.8. The van der Waals surface area contributed by atoms with Gasteiger partial charge in [-0.15, -0.1) is 10.2 Å². The Morgan fingerprint density at radius 2 is 1.76 bits per heavy atom. The van der Waals surface area contributed by atoms with E-state index in [1.807, 2.05) is 24.3 Å². The molecule has 1 saturated heterocycles. The highest BCUT2D eigenvalue weighted by Crippen LogP contribution is 2.34. The van der Waals surface area contributed by atoms with Gasteiger partial charge in [-0.3, -0.25) is 35.1 Å². The average Bonchev–Trinajstić information content (AvgIpc) is 3.45. The molecule has 1 aliphatic rings. The Morgan fingerprint density at radius 3 is 2.35 bits per heavy atom. The van der Waals surface area contributed by atoms with Crippen LogP contribution in [0.1, 0.15) is 40.2 Å². The maximum Gasteiger partial charge on any atom is 0.277 e. The van der Waals surface area contributed by atoms with E-state index in [0.717, 1.165) is 41.6 Å². The van der Waals surface area contributed by atoms with Crippen LogP contribution in [0, 0.1) is 20.2 Å². The molecule has 1 aromatic heterocycles. The Hall–Kier alpha value is -4.26. The zero-order valence-corrected chi connectivity index (χ0v) is 18.7. The summed E-state index contributed by atoms with van der Waals surface area (Å²) in [7, 11) is 0. The summed E-state index contributed by atoms with van der Waals surface area (Å²) >= 11 is 1.08. The van der Waals surface area contributed by atoms with E-state index in [2.05, 4.69) is 22.4 Å². The molecule has 1 unspecified atom stereocenters. The summed E-state index contributed by atoms with van der Waals surface area (Å²) in [6, 6.07) is 10.4. The topological polar surface area (TPSA) is 161 Å². The number of benzene rings is 2. The van der Waals surface area contributed by atoms with Crippen LogP contribution in [0.3, 0.4) is 0 Å². The molecule has 2 heterocycles. The number of amides is 2. The maximum atomic E-state index is 12.6. The molecule has 1 atom stereocenters. The summed E-state index contributed by atoms with van der Waals surface area (Å²) in [5.74, 6) is -1.05. The first kappa shape index (κ1) is 22.9. The highest BCUT2D eigenvalue weighted by Gasteiger charge is 2.34. The number of aryl methyl sites for hydroxylation is 1. The minimum atomic E-state index is -0.814. The molecule has 13 heteroatoms. The van der Waals surface area contributed by atoms with E-state index >= 15 is 0 Å². The van der Waals surface area contributed by atoms with Crippen LogP contribution in [-0.2, 0) is 11.2 Å². The number of rotatable bonds is 7. The molecule has 0 aliphatic carbocycles. The fourth-order valence-electron chi connectivity index (χ4n) is 3.59. The molecule has 1 N–H and O–H groups in total. The van der Waals surface area contributed by atoms with Crippen LogP contribution >= 0.6 is 11.3 Å². The molecule has 4 rings (SSSR count). The second kappa shape index (κ2) is 9.31. The number of aromatic nitrogens is 2. The number of hydrogen-bond acceptors (Lipinski definition) is 9. The van der Waals surface area contributed by atoms with Crippen molar-refractivity contribution in [3.8, 4) is 0 Å². The van der Waals surface area contributed by atoms with Crippen LogP contribution in [0.4, 0.5) is 22.2 Å². The van der Waals surface area contributed by atoms with Crippen molar-refractivity contribution >= 4 is 45.3 Å². The van der Waals surface area contributed by atoms with Gasteiger partial charge in [0.2, 0.25) is 11.0 Å². The van der Waals surface area contributed by atoms with E-state index in [4.69, 9.17) is 0 Å². The van der Waals surface area contributed by atoms with Crippen molar-refractivity contribution in [2.45, 2.75) is 25.7 Å². The Morgan fingerprint density at radius 1 is 1.12 bits per heavy atom. The molecule has 2 amide bonds. The van der Waals surface area contributed by atoms with Crippen molar-refractivity contribution in [3.05, 3.63) is 78.8 Å². The SMILES string of the molecule is CCc1ccc(N2CC(c3nnc(NC(=O)c4cc([N+](=O)[O-])cc([N+](=O)[O-])c4)s3)CC2=O)cc1. The summed E-state index contributed by atoms with van der Waals surface area (Å²) in [6.45, 7) is 2.47. The van der Waals surface area contributed by atoms with Gasteiger partial charge in [-0.1, -0.05) is 30.4 Å². The van der Waals surface area contributed by atoms with Crippen molar-refractivity contribution in [3.63, 3.8) is 0 Å². The third-order valence-electron chi connectivity index (χ3n) is 5.38. The van der Waals surface area contributed by atoms with Crippen LogP contribution < -0.4 is 10.2 Å². The minimum Gasteiger partial charge on any atom is -0.312 e. The molecule has 0 spiro atoms. The lowest BCUT2D eigenvalue weighted by atomic mass is 10.1. The van der Waals surface area contributed by atoms with E-state index in [1.54, 1.807) is 4.90 Å². The largest absolute Gasteiger partial charge is 0.312 e. The van der Waals surface area contributed by atoms with E-state index in [1.165, 1.54) is 5.56 Å². The maximum absolute atomic E-state index is 12.6. The van der Waals surface area contributed by atoms with E-state index in [-0.39, 0.29) is 28.9 Å². The number of nitro benzene ring substituents is 2. The van der Waals surface area contributed by atoms with Gasteiger partial charge in [0.1, 0.15) is 5.01 Å². The van der Waals surface area contributed by atoms with Gasteiger partial charge >= 0.3 is 0 Å². The average molecular weight is 482 g/mol. The molecule has 174 valence electrons. The Kier molecular flexibility index (Phi) is 6.27. The van der Waals surface area contributed by atoms with Crippen molar-refractivity contribution in [2.24, 2.45) is 0 Å². The summed E-state index contributed by atoms with van der Waals surface area (Å²) < 4.78 is 0. The molecular weight excluding hydrogens is 464 g/mol. The second-order valence-corrected chi connectivity index (χ2v) is 8.59. The number of hydrogen-bond donors (Lipinski definition) is 1. The van der Waals surface area contributed by atoms with Gasteiger partial charge in [-0.05, 0) is 24.1 Å². The molecule has 1 aliphatic heterocycles. The van der Waals surface area contributed by atoms with Gasteiger partial charge in [0.25, 0.3) is 17.3 Å². The predicted molar refractivity (Wildman–Crippen MR) is 123 cm³/mol. The molecule has 1 fully saturated rings. The lowest BCUT2D eigenvalue weighted by molar-refractivity contribution is -0.394. The molecular formula is C21H18N6O6S. The van der Waals surface area contributed by atoms with Crippen LogP contribution in [0.15, 0.2) is 42.5 Å². The number of carbonyl (C=O) groups excluding carboxylic acids is 2. The smallest absolute Gasteiger partial charge is 0.277 e. The van der Waals surface area contributed by atoms with Crippen molar-refractivity contribution in [1.82, 2.24) is 10.2 Å². The number of nitrogens with zero attached hydrogens (tertiary/aromatic N) is 5. The monoisotopic (exact) mass is 482 g/mol. The lowest BCUT2D eigenvalue weighted by Crippen LogP contribution is -2.24. The Labute approximate surface area is 196 Å². The fraction of sp³-hybridized carbons (Fsp3) is 0.238. The van der Waals surface area contributed by atoms with Crippen molar-refractivity contribution < 1.29 is 19.4 Å². The van der Waals surface area contributed by atoms with Gasteiger partial charge in [0.05, 0.1) is 21.5 Å². The first-order valence-electron chi connectivity index (χ1n) is 10.2. The third kappa shape index (κ3) is 4.73. The number of non-ortho nitro benzene ring substituents is 2. The Bertz CT molecular complexity index is 1260. The zero-order chi connectivity index (χ0) is 24.4. The highest BCUT2D eigenvalue weighted by atomic mass is 32.1. The van der Waals surface area contributed by atoms with Crippen molar-refractivity contribution in [1.29, 1.82) is 0 Å². The predicted octanol–water partition coefficient (Wildman–Crippen LogP) is 3.69. The lowest BCUT2D eigenvalue weighted by Gasteiger charge is -2.16. The summed E-state index contributed by atoms with van der Waals surface area (Å²) in [4.78, 5) is 47.3. The van der Waals surface area contributed by atoms with Gasteiger partial charge in [-0.25, -0.2) is 0 Å². The number of anilines is 2. The third-order valence-corrected chi connectivity index (χ3v) is 6.38. The van der Waals surface area contributed by atoms with Crippen LogP contribution in [-0.4, -0.2) is 38.4 Å². The minimum absolute atomic E-state index is 0.0426. The molecule has 0 radical (unpaired) electrons. The normalized spacial score (nSPS) is 15.4. The molecule has 0 saturated carbocycles. The van der Waals surface area contributed by atoms with Crippen LogP contribution in [0.2, 0.25) is 0 Å². The van der Waals surface area contributed by atoms with E-state index in [9.17, 15) is 29.8 Å². The molecule has 12 nitrogen and oxygen atoms in total. The van der Waals surface area contributed by atoms with Gasteiger partial charge in [0.15, 0.2) is 0 Å². The summed E-state index contributed by atoms with van der Waals surface area (Å²) in [5.41, 5.74) is 0.568. The molecule has 0 bridgehead atoms. The molecule has 2 aromatic carbocycles.